The van der Waals surface area contributed by atoms with E-state index in [9.17, 15) is 9.59 Å². The predicted octanol–water partition coefficient (Wildman–Crippen LogP) is 3.73. The van der Waals surface area contributed by atoms with Crippen LogP contribution < -0.4 is 5.32 Å². The smallest absolute Gasteiger partial charge is 0.344 e. The van der Waals surface area contributed by atoms with Crippen molar-refractivity contribution in [3.05, 3.63) is 65.0 Å². The number of amides is 1. The summed E-state index contributed by atoms with van der Waals surface area (Å²) in [5.74, 6) is -0.573. The Labute approximate surface area is 157 Å². The maximum Gasteiger partial charge on any atom is 0.344 e. The number of fused-ring (bicyclic) bond motifs is 1. The molecule has 1 heterocycles. The summed E-state index contributed by atoms with van der Waals surface area (Å²) in [6, 6.07) is 13.7. The number of nitrogens with one attached hydrogen (secondary N) is 1. The fourth-order valence-corrected chi connectivity index (χ4v) is 3.11. The summed E-state index contributed by atoms with van der Waals surface area (Å²) in [5.41, 5.74) is 1.84. The average Bonchev–Trinajstić information content (AvgIpc) is 3.06. The number of aromatic nitrogens is 1. The lowest BCUT2D eigenvalue weighted by atomic mass is 10.00. The Morgan fingerprint density at radius 2 is 1.93 bits per heavy atom. The fraction of sp³-hybridized carbons (Fsp3) is 0.286. The van der Waals surface area contributed by atoms with Crippen molar-refractivity contribution in [2.75, 3.05) is 6.61 Å². The molecule has 0 bridgehead atoms. The Bertz CT molecular complexity index is 972. The second kappa shape index (κ2) is 8.03. The summed E-state index contributed by atoms with van der Waals surface area (Å²) in [5, 5.41) is 8.89. The van der Waals surface area contributed by atoms with Crippen molar-refractivity contribution in [3.63, 3.8) is 0 Å². The third kappa shape index (κ3) is 4.00. The molecule has 6 heteroatoms. The largest absolute Gasteiger partial charge is 0.452 e. The van der Waals surface area contributed by atoms with Gasteiger partial charge in [-0.3, -0.25) is 4.79 Å². The minimum absolute atomic E-state index is 0.217. The normalized spacial score (nSPS) is 12.0. The molecule has 1 aromatic heterocycles. The van der Waals surface area contributed by atoms with Gasteiger partial charge < -0.3 is 14.6 Å². The van der Waals surface area contributed by atoms with Gasteiger partial charge in [0, 0.05) is 0 Å². The van der Waals surface area contributed by atoms with Gasteiger partial charge in [-0.2, -0.15) is 0 Å². The fourth-order valence-electron chi connectivity index (χ4n) is 3.11. The van der Waals surface area contributed by atoms with Crippen LogP contribution >= 0.6 is 0 Å². The van der Waals surface area contributed by atoms with Crippen LogP contribution in [0.15, 0.2) is 47.0 Å². The van der Waals surface area contributed by atoms with Crippen molar-refractivity contribution in [3.8, 4) is 0 Å². The lowest BCUT2D eigenvalue weighted by Gasteiger charge is -2.16. The van der Waals surface area contributed by atoms with Gasteiger partial charge in [-0.25, -0.2) is 4.79 Å². The number of carbonyl (C=O) groups excluding carboxylic acids is 2. The zero-order valence-corrected chi connectivity index (χ0v) is 15.6. The molecule has 1 atom stereocenters. The van der Waals surface area contributed by atoms with Crippen LogP contribution in [0.5, 0.6) is 0 Å². The van der Waals surface area contributed by atoms with Crippen LogP contribution in [0.25, 0.3) is 10.8 Å². The van der Waals surface area contributed by atoms with Crippen molar-refractivity contribution in [2.45, 2.75) is 33.2 Å². The van der Waals surface area contributed by atoms with Crippen molar-refractivity contribution < 1.29 is 18.8 Å². The van der Waals surface area contributed by atoms with Crippen LogP contribution in [0.3, 0.4) is 0 Å². The van der Waals surface area contributed by atoms with E-state index in [4.69, 9.17) is 9.26 Å². The highest BCUT2D eigenvalue weighted by Crippen LogP contribution is 2.24. The first-order valence-electron chi connectivity index (χ1n) is 8.90. The second-order valence-corrected chi connectivity index (χ2v) is 6.35. The van der Waals surface area contributed by atoms with Crippen molar-refractivity contribution >= 4 is 22.6 Å². The van der Waals surface area contributed by atoms with Gasteiger partial charge in [0.05, 0.1) is 11.7 Å². The van der Waals surface area contributed by atoms with Crippen LogP contribution in [0.4, 0.5) is 0 Å². The number of rotatable bonds is 6. The maximum atomic E-state index is 12.2. The van der Waals surface area contributed by atoms with Gasteiger partial charge in [0.2, 0.25) is 0 Å². The number of benzene rings is 2. The van der Waals surface area contributed by atoms with Crippen molar-refractivity contribution in [1.29, 1.82) is 0 Å². The van der Waals surface area contributed by atoms with Gasteiger partial charge in [-0.1, -0.05) is 54.5 Å². The number of carbonyl (C=O) groups is 2. The number of nitrogens with zero attached hydrogens (tertiary/aromatic N) is 1. The van der Waals surface area contributed by atoms with Crippen LogP contribution in [-0.2, 0) is 16.0 Å². The molecule has 0 aliphatic carbocycles. The monoisotopic (exact) mass is 366 g/mol. The van der Waals surface area contributed by atoms with Crippen LogP contribution in [-0.4, -0.2) is 23.6 Å². The molecule has 140 valence electrons. The minimum atomic E-state index is -0.599. The molecule has 0 aliphatic rings. The minimum Gasteiger partial charge on any atom is -0.452 e. The molecule has 0 aliphatic heterocycles. The molecule has 27 heavy (non-hydrogen) atoms. The summed E-state index contributed by atoms with van der Waals surface area (Å²) >= 11 is 0. The maximum absolute atomic E-state index is 12.2. The van der Waals surface area contributed by atoms with E-state index in [1.54, 1.807) is 6.92 Å². The highest BCUT2D eigenvalue weighted by atomic mass is 16.5. The topological polar surface area (TPSA) is 81.4 Å². The number of ether oxygens (including phenoxy) is 1. The third-order valence-electron chi connectivity index (χ3n) is 4.47. The van der Waals surface area contributed by atoms with Crippen LogP contribution in [0.1, 0.15) is 47.3 Å². The van der Waals surface area contributed by atoms with Gasteiger partial charge in [0.25, 0.3) is 5.91 Å². The molecule has 1 N–H and O–H groups in total. The summed E-state index contributed by atoms with van der Waals surface area (Å²) in [6.45, 7) is 5.06. The van der Waals surface area contributed by atoms with Gasteiger partial charge in [-0.15, -0.1) is 0 Å². The van der Waals surface area contributed by atoms with E-state index in [2.05, 4.69) is 10.5 Å². The van der Waals surface area contributed by atoms with Gasteiger partial charge >= 0.3 is 5.97 Å². The average molecular weight is 366 g/mol. The molecule has 2 aromatic carbocycles. The van der Waals surface area contributed by atoms with E-state index in [-0.39, 0.29) is 18.6 Å². The number of hydrogen-bond acceptors (Lipinski definition) is 5. The van der Waals surface area contributed by atoms with Crippen molar-refractivity contribution in [2.24, 2.45) is 0 Å². The molecule has 1 amide bonds. The molecular formula is C21H22N2O4. The molecule has 0 saturated heterocycles. The first kappa shape index (κ1) is 18.6. The molecule has 0 spiro atoms. The van der Waals surface area contributed by atoms with E-state index in [0.29, 0.717) is 23.4 Å². The van der Waals surface area contributed by atoms with E-state index in [0.717, 1.165) is 16.3 Å². The molecule has 0 saturated carbocycles. The van der Waals surface area contributed by atoms with Gasteiger partial charge in [-0.05, 0) is 36.6 Å². The Balaban J connectivity index is 1.63. The molecule has 0 radical (unpaired) electrons. The third-order valence-corrected chi connectivity index (χ3v) is 4.47. The van der Waals surface area contributed by atoms with E-state index < -0.39 is 5.97 Å². The Kier molecular flexibility index (Phi) is 5.54. The summed E-state index contributed by atoms with van der Waals surface area (Å²) < 4.78 is 10.2. The summed E-state index contributed by atoms with van der Waals surface area (Å²) in [7, 11) is 0. The Morgan fingerprint density at radius 1 is 1.19 bits per heavy atom. The lowest BCUT2D eigenvalue weighted by molar-refractivity contribution is -0.124. The second-order valence-electron chi connectivity index (χ2n) is 6.35. The van der Waals surface area contributed by atoms with Crippen LogP contribution in [0.2, 0.25) is 0 Å². The van der Waals surface area contributed by atoms with Gasteiger partial charge in [0.1, 0.15) is 11.3 Å². The number of hydrogen-bond donors (Lipinski definition) is 1. The number of aryl methyl sites for hydroxylation is 2. The summed E-state index contributed by atoms with van der Waals surface area (Å²) in [4.78, 5) is 24.5. The SMILES string of the molecule is CCc1noc(C)c1C(=O)OCC(=O)N[C@@H](C)c1cccc2ccccc12. The van der Waals surface area contributed by atoms with E-state index in [1.165, 1.54) is 0 Å². The lowest BCUT2D eigenvalue weighted by Crippen LogP contribution is -2.31. The van der Waals surface area contributed by atoms with E-state index >= 15 is 0 Å². The molecule has 6 nitrogen and oxygen atoms in total. The Morgan fingerprint density at radius 3 is 2.70 bits per heavy atom. The number of esters is 1. The molecule has 0 unspecified atom stereocenters. The molecule has 0 fully saturated rings. The van der Waals surface area contributed by atoms with Crippen molar-refractivity contribution in [1.82, 2.24) is 10.5 Å². The highest BCUT2D eigenvalue weighted by molar-refractivity contribution is 5.93. The standard InChI is InChI=1S/C21H22N2O4/c1-4-18-20(14(3)27-23-18)21(25)26-12-19(24)22-13(2)16-11-7-9-15-8-5-6-10-17(15)16/h5-11,13H,4,12H2,1-3H3,(H,22,24)/t13-/m0/s1. The summed E-state index contributed by atoms with van der Waals surface area (Å²) in [6.07, 6.45) is 0.548. The molecule has 3 aromatic rings. The molecule has 3 rings (SSSR count). The highest BCUT2D eigenvalue weighted by Gasteiger charge is 2.22. The quantitative estimate of drug-likeness (QED) is 0.672. The van der Waals surface area contributed by atoms with Gasteiger partial charge in [0.15, 0.2) is 6.61 Å². The zero-order chi connectivity index (χ0) is 19.4. The first-order valence-corrected chi connectivity index (χ1v) is 8.90. The van der Waals surface area contributed by atoms with Crippen LogP contribution in [0, 0.1) is 6.92 Å². The molecular weight excluding hydrogens is 344 g/mol. The Hall–Kier alpha value is -3.15. The predicted molar refractivity (Wildman–Crippen MR) is 101 cm³/mol. The zero-order valence-electron chi connectivity index (χ0n) is 15.6. The van der Waals surface area contributed by atoms with E-state index in [1.807, 2.05) is 56.3 Å². The first-order chi connectivity index (χ1) is 13.0.